The van der Waals surface area contributed by atoms with Crippen LogP contribution in [0.15, 0.2) is 84.9 Å². The quantitative estimate of drug-likeness (QED) is 0.134. The van der Waals surface area contributed by atoms with Crippen LogP contribution in [-0.2, 0) is 12.5 Å². The van der Waals surface area contributed by atoms with E-state index in [1.54, 1.807) is 24.3 Å². The highest BCUT2D eigenvalue weighted by molar-refractivity contribution is 5.84. The molecule has 0 N–H and O–H groups in total. The van der Waals surface area contributed by atoms with Gasteiger partial charge in [-0.05, 0) is 82.4 Å². The number of hydrogen-bond donors (Lipinski definition) is 0. The normalized spacial score (nSPS) is 11.7. The van der Waals surface area contributed by atoms with E-state index in [2.05, 4.69) is 23.8 Å². The minimum absolute atomic E-state index is 0.0414. The minimum atomic E-state index is -4.48. The molecule has 0 aliphatic heterocycles. The number of ether oxygens (including phenoxy) is 1. The summed E-state index contributed by atoms with van der Waals surface area (Å²) in [5.41, 5.74) is 1.90. The van der Waals surface area contributed by atoms with Gasteiger partial charge in [-0.15, -0.1) is 0 Å². The lowest BCUT2D eigenvalue weighted by Crippen LogP contribution is -2.25. The molecule has 0 aliphatic carbocycles. The Kier molecular flexibility index (Phi) is 7.76. The number of fused-ring (bicyclic) bond motifs is 1. The Morgan fingerprint density at radius 1 is 0.610 bits per heavy atom. The van der Waals surface area contributed by atoms with Gasteiger partial charge in [0.2, 0.25) is 0 Å². The van der Waals surface area contributed by atoms with Gasteiger partial charge in [0.1, 0.15) is 22.9 Å². The van der Waals surface area contributed by atoms with E-state index in [-0.39, 0.29) is 16.3 Å². The molecule has 0 fully saturated rings. The first kappa shape index (κ1) is 28.2. The summed E-state index contributed by atoms with van der Waals surface area (Å²) in [7, 11) is 0. The van der Waals surface area contributed by atoms with Crippen LogP contribution in [0.2, 0.25) is 0 Å². The SMILES string of the molecule is CCCCc1ccc(-c2ccc(-c3cc(F)c(C(F)(F)Oc4ccc5c(F)c(F)c(F)cc5c4)c(F)c3)cc2)cc1. The maximum atomic E-state index is 14.9. The van der Waals surface area contributed by atoms with E-state index in [1.807, 2.05) is 12.1 Å². The van der Waals surface area contributed by atoms with Gasteiger partial charge in [-0.1, -0.05) is 61.9 Å². The lowest BCUT2D eigenvalue weighted by atomic mass is 9.98. The summed E-state index contributed by atoms with van der Waals surface area (Å²) in [6.07, 6.45) is -1.28. The van der Waals surface area contributed by atoms with Crippen molar-refractivity contribution in [3.05, 3.63) is 125 Å². The fourth-order valence-corrected chi connectivity index (χ4v) is 4.66. The molecule has 0 bridgehead atoms. The summed E-state index contributed by atoms with van der Waals surface area (Å²) < 4.78 is 105. The zero-order valence-corrected chi connectivity index (χ0v) is 21.8. The third-order valence-electron chi connectivity index (χ3n) is 6.85. The summed E-state index contributed by atoms with van der Waals surface area (Å²) in [6, 6.07) is 19.7. The standard InChI is InChI=1S/C33H23F7O/c1-2-3-4-19-5-7-20(8-6-19)21-9-11-22(12-10-21)23-16-27(34)30(28(35)17-23)33(39,40)41-25-13-14-26-24(15-25)18-29(36)32(38)31(26)37/h5-18H,2-4H2,1H3. The zero-order chi connectivity index (χ0) is 29.3. The average molecular weight is 569 g/mol. The maximum Gasteiger partial charge on any atom is 0.432 e. The van der Waals surface area contributed by atoms with E-state index < -0.39 is 46.5 Å². The molecule has 5 aromatic carbocycles. The summed E-state index contributed by atoms with van der Waals surface area (Å²) >= 11 is 0. The van der Waals surface area contributed by atoms with E-state index in [9.17, 15) is 30.7 Å². The zero-order valence-electron chi connectivity index (χ0n) is 21.8. The largest absolute Gasteiger partial charge is 0.432 e. The molecular weight excluding hydrogens is 545 g/mol. The monoisotopic (exact) mass is 568 g/mol. The van der Waals surface area contributed by atoms with Crippen LogP contribution in [0.1, 0.15) is 30.9 Å². The molecule has 5 rings (SSSR count). The maximum absolute atomic E-state index is 14.9. The van der Waals surface area contributed by atoms with E-state index in [0.717, 1.165) is 60.7 Å². The van der Waals surface area contributed by atoms with Crippen LogP contribution < -0.4 is 4.74 Å². The van der Waals surface area contributed by atoms with Gasteiger partial charge >= 0.3 is 6.11 Å². The van der Waals surface area contributed by atoms with Crippen LogP contribution >= 0.6 is 0 Å². The van der Waals surface area contributed by atoms with E-state index in [0.29, 0.717) is 11.6 Å². The molecule has 1 nitrogen and oxygen atoms in total. The number of rotatable bonds is 8. The summed E-state index contributed by atoms with van der Waals surface area (Å²) in [6.45, 7) is 2.13. The molecule has 5 aromatic rings. The summed E-state index contributed by atoms with van der Waals surface area (Å²) in [4.78, 5) is 0. The predicted molar refractivity (Wildman–Crippen MR) is 144 cm³/mol. The molecule has 210 valence electrons. The van der Waals surface area contributed by atoms with Gasteiger partial charge in [0.05, 0.1) is 0 Å². The van der Waals surface area contributed by atoms with Gasteiger partial charge in [0.15, 0.2) is 17.5 Å². The Morgan fingerprint density at radius 3 is 1.76 bits per heavy atom. The second-order valence-electron chi connectivity index (χ2n) is 9.68. The van der Waals surface area contributed by atoms with Crippen LogP contribution in [-0.4, -0.2) is 0 Å². The van der Waals surface area contributed by atoms with Crippen molar-refractivity contribution >= 4 is 10.8 Å². The summed E-state index contributed by atoms with van der Waals surface area (Å²) in [5.74, 6) is -8.47. The van der Waals surface area contributed by atoms with Gasteiger partial charge in [-0.3, -0.25) is 0 Å². The van der Waals surface area contributed by atoms with Crippen LogP contribution in [0.3, 0.4) is 0 Å². The molecule has 0 atom stereocenters. The highest BCUT2D eigenvalue weighted by atomic mass is 19.3. The molecule has 0 saturated carbocycles. The number of aryl methyl sites for hydroxylation is 1. The second kappa shape index (κ2) is 11.3. The molecule has 0 aromatic heterocycles. The molecule has 41 heavy (non-hydrogen) atoms. The van der Waals surface area contributed by atoms with Gasteiger partial charge in [-0.25, -0.2) is 22.0 Å². The fraction of sp³-hybridized carbons (Fsp3) is 0.152. The van der Waals surface area contributed by atoms with Crippen molar-refractivity contribution < 1.29 is 35.5 Å². The fourth-order valence-electron chi connectivity index (χ4n) is 4.66. The van der Waals surface area contributed by atoms with Crippen LogP contribution in [0, 0.1) is 29.1 Å². The van der Waals surface area contributed by atoms with E-state index in [1.165, 1.54) is 5.56 Å². The topological polar surface area (TPSA) is 9.23 Å². The first-order valence-electron chi connectivity index (χ1n) is 12.9. The highest BCUT2D eigenvalue weighted by Crippen LogP contribution is 2.38. The van der Waals surface area contributed by atoms with Crippen molar-refractivity contribution in [3.63, 3.8) is 0 Å². The van der Waals surface area contributed by atoms with Crippen molar-refractivity contribution in [2.75, 3.05) is 0 Å². The van der Waals surface area contributed by atoms with Gasteiger partial charge in [0.25, 0.3) is 0 Å². The minimum Gasteiger partial charge on any atom is -0.429 e. The van der Waals surface area contributed by atoms with Crippen molar-refractivity contribution in [2.24, 2.45) is 0 Å². The van der Waals surface area contributed by atoms with Gasteiger partial charge in [0, 0.05) is 5.39 Å². The van der Waals surface area contributed by atoms with Gasteiger partial charge < -0.3 is 4.74 Å². The first-order chi connectivity index (χ1) is 19.6. The van der Waals surface area contributed by atoms with Crippen molar-refractivity contribution in [2.45, 2.75) is 32.3 Å². The molecular formula is C33H23F7O. The third kappa shape index (κ3) is 5.78. The van der Waals surface area contributed by atoms with E-state index in [4.69, 9.17) is 0 Å². The van der Waals surface area contributed by atoms with Crippen molar-refractivity contribution in [1.82, 2.24) is 0 Å². The Balaban J connectivity index is 1.38. The van der Waals surface area contributed by atoms with Gasteiger partial charge in [-0.2, -0.15) is 8.78 Å². The molecule has 0 aliphatic rings. The third-order valence-corrected chi connectivity index (χ3v) is 6.85. The average Bonchev–Trinajstić information content (AvgIpc) is 2.94. The molecule has 0 amide bonds. The lowest BCUT2D eigenvalue weighted by Gasteiger charge is -2.20. The molecule has 0 spiro atoms. The number of benzene rings is 5. The Morgan fingerprint density at radius 2 is 1.17 bits per heavy atom. The van der Waals surface area contributed by atoms with Crippen LogP contribution in [0.4, 0.5) is 30.7 Å². The van der Waals surface area contributed by atoms with E-state index >= 15 is 0 Å². The molecule has 0 heterocycles. The predicted octanol–water partition coefficient (Wildman–Crippen LogP) is 10.3. The molecule has 8 heteroatoms. The second-order valence-corrected chi connectivity index (χ2v) is 9.68. The Bertz CT molecular complexity index is 1690. The highest BCUT2D eigenvalue weighted by Gasteiger charge is 2.41. The number of alkyl halides is 2. The summed E-state index contributed by atoms with van der Waals surface area (Å²) in [5, 5.41) is -0.654. The Labute approximate surface area is 231 Å². The number of hydrogen-bond acceptors (Lipinski definition) is 1. The molecule has 0 unspecified atom stereocenters. The van der Waals surface area contributed by atoms with Crippen molar-refractivity contribution in [3.8, 4) is 28.0 Å². The van der Waals surface area contributed by atoms with Crippen LogP contribution in [0.25, 0.3) is 33.0 Å². The number of unbranched alkanes of at least 4 members (excludes halogenated alkanes) is 1. The lowest BCUT2D eigenvalue weighted by molar-refractivity contribution is -0.189. The Hall–Kier alpha value is -4.33. The smallest absolute Gasteiger partial charge is 0.429 e. The number of halogens is 7. The van der Waals surface area contributed by atoms with Crippen LogP contribution in [0.5, 0.6) is 5.75 Å². The molecule has 0 radical (unpaired) electrons. The first-order valence-corrected chi connectivity index (χ1v) is 12.9. The molecule has 0 saturated heterocycles. The van der Waals surface area contributed by atoms with Crippen molar-refractivity contribution in [1.29, 1.82) is 0 Å².